The van der Waals surface area contributed by atoms with Crippen LogP contribution in [0.15, 0.2) is 59.1 Å². The molecule has 0 bridgehead atoms. The Balaban J connectivity index is 1.66. The molecule has 0 fully saturated rings. The second-order valence-electron chi connectivity index (χ2n) is 11.4. The maximum absolute atomic E-state index is 14.0. The number of amides is 1. The molecule has 10 heteroatoms. The zero-order chi connectivity index (χ0) is 30.8. The monoisotopic (exact) mass is 574 g/mol. The molecule has 0 heterocycles. The minimum absolute atomic E-state index is 0.126. The van der Waals surface area contributed by atoms with Gasteiger partial charge < -0.3 is 31.3 Å². The Hall–Kier alpha value is -4.25. The van der Waals surface area contributed by atoms with Gasteiger partial charge in [-0.1, -0.05) is 62.4 Å². The number of carbonyl (C=O) groups excluding carboxylic acids is 3. The first-order chi connectivity index (χ1) is 19.8. The Bertz CT molecular complexity index is 1600. The lowest BCUT2D eigenvalue weighted by atomic mass is 9.55. The molecule has 1 amide bonds. The average molecular weight is 575 g/mol. The van der Waals surface area contributed by atoms with Gasteiger partial charge in [0, 0.05) is 17.1 Å². The maximum atomic E-state index is 14.0. The zero-order valence-electron chi connectivity index (χ0n) is 23.7. The van der Waals surface area contributed by atoms with Crippen molar-refractivity contribution in [2.75, 3.05) is 14.1 Å². The van der Waals surface area contributed by atoms with E-state index in [4.69, 9.17) is 5.73 Å². The zero-order valence-corrected chi connectivity index (χ0v) is 23.7. The number of fused-ring (bicyclic) bond motifs is 3. The van der Waals surface area contributed by atoms with Crippen molar-refractivity contribution in [1.82, 2.24) is 4.90 Å². The number of ketones is 2. The summed E-state index contributed by atoms with van der Waals surface area (Å²) in [6.07, 6.45) is 2.69. The topological polar surface area (TPSA) is 182 Å². The summed E-state index contributed by atoms with van der Waals surface area (Å²) in [5.74, 6) is -9.08. The number of aryl methyl sites for hydroxylation is 1. The standard InChI is InChI=1S/C32H34N2O8/c1-5-15-6-8-16(9-7-15)10-11-17-12-13-18-14(2)19-21(26(36)20(18)25(17)35)29(39)32(42)23(27(19)37)24(34(3)4)28(38)22(30(32)40)31(33)41/h6-14,19,23-24,27,35,37-39,42H,5H2,1-4H3,(H2,33,41)/b11-10+. The number of Topliss-reactive ketones (excluding diaryl/α,β-unsaturated/α-hetero) is 2. The molecule has 5 rings (SSSR count). The summed E-state index contributed by atoms with van der Waals surface area (Å²) in [6, 6.07) is 9.86. The van der Waals surface area contributed by atoms with Crippen LogP contribution in [0.5, 0.6) is 5.75 Å². The number of hydrogen-bond donors (Lipinski definition) is 6. The van der Waals surface area contributed by atoms with E-state index in [0.29, 0.717) is 11.1 Å². The van der Waals surface area contributed by atoms with Gasteiger partial charge in [-0.2, -0.15) is 0 Å². The van der Waals surface area contributed by atoms with Gasteiger partial charge in [-0.15, -0.1) is 0 Å². The number of nitrogens with zero attached hydrogens (tertiary/aromatic N) is 1. The number of aromatic hydroxyl groups is 1. The fourth-order valence-electron chi connectivity index (χ4n) is 6.82. The summed E-state index contributed by atoms with van der Waals surface area (Å²) in [7, 11) is 2.99. The highest BCUT2D eigenvalue weighted by Gasteiger charge is 2.67. The Morgan fingerprint density at radius 2 is 1.69 bits per heavy atom. The largest absolute Gasteiger partial charge is 0.510 e. The molecule has 3 aliphatic carbocycles. The van der Waals surface area contributed by atoms with Crippen LogP contribution in [0, 0.1) is 11.8 Å². The van der Waals surface area contributed by atoms with Crippen LogP contribution in [0.4, 0.5) is 0 Å². The van der Waals surface area contributed by atoms with Gasteiger partial charge in [-0.3, -0.25) is 19.3 Å². The first-order valence-corrected chi connectivity index (χ1v) is 13.7. The molecule has 10 nitrogen and oxygen atoms in total. The van der Waals surface area contributed by atoms with Gasteiger partial charge in [0.05, 0.1) is 23.6 Å². The molecule has 3 aliphatic rings. The van der Waals surface area contributed by atoms with Crippen LogP contribution in [0.25, 0.3) is 12.2 Å². The fraction of sp³-hybridized carbons (Fsp3) is 0.344. The van der Waals surface area contributed by atoms with Crippen LogP contribution in [0.2, 0.25) is 0 Å². The number of carbonyl (C=O) groups is 3. The molecule has 2 aromatic carbocycles. The minimum Gasteiger partial charge on any atom is -0.510 e. The van der Waals surface area contributed by atoms with Crippen LogP contribution in [0.1, 0.15) is 52.4 Å². The average Bonchev–Trinajstić information content (AvgIpc) is 2.94. The smallest absolute Gasteiger partial charge is 0.255 e. The van der Waals surface area contributed by atoms with Gasteiger partial charge in [0.15, 0.2) is 11.4 Å². The van der Waals surface area contributed by atoms with E-state index in [-0.39, 0.29) is 11.3 Å². The van der Waals surface area contributed by atoms with E-state index in [0.717, 1.165) is 12.0 Å². The highest BCUT2D eigenvalue weighted by Crippen LogP contribution is 2.55. The molecule has 0 aliphatic heterocycles. The van der Waals surface area contributed by atoms with Crippen molar-refractivity contribution in [3.8, 4) is 5.75 Å². The number of aliphatic hydroxyl groups is 4. The lowest BCUT2D eigenvalue weighted by Crippen LogP contribution is -2.68. The maximum Gasteiger partial charge on any atom is 0.255 e. The Labute approximate surface area is 242 Å². The molecule has 0 spiro atoms. The lowest BCUT2D eigenvalue weighted by molar-refractivity contribution is -0.162. The second kappa shape index (κ2) is 10.2. The number of phenolic OH excluding ortho intramolecular Hbond substituents is 1. The summed E-state index contributed by atoms with van der Waals surface area (Å²) < 4.78 is 0. The van der Waals surface area contributed by atoms with Gasteiger partial charge in [-0.25, -0.2) is 0 Å². The molecule has 6 unspecified atom stereocenters. The van der Waals surface area contributed by atoms with Crippen molar-refractivity contribution >= 4 is 29.6 Å². The first kappa shape index (κ1) is 29.2. The summed E-state index contributed by atoms with van der Waals surface area (Å²) in [5.41, 5.74) is 3.71. The van der Waals surface area contributed by atoms with Crippen LogP contribution < -0.4 is 5.73 Å². The van der Waals surface area contributed by atoms with Crippen LogP contribution >= 0.6 is 0 Å². The van der Waals surface area contributed by atoms with E-state index in [1.807, 2.05) is 24.3 Å². The number of phenols is 1. The molecule has 220 valence electrons. The summed E-state index contributed by atoms with van der Waals surface area (Å²) >= 11 is 0. The number of aliphatic hydroxyl groups excluding tert-OH is 3. The van der Waals surface area contributed by atoms with Crippen LogP contribution in [-0.2, 0) is 16.0 Å². The van der Waals surface area contributed by atoms with Gasteiger partial charge in [0.25, 0.3) is 5.91 Å². The normalized spacial score (nSPS) is 29.2. The van der Waals surface area contributed by atoms with Crippen molar-refractivity contribution in [3.05, 3.63) is 86.9 Å². The third-order valence-corrected chi connectivity index (χ3v) is 9.01. The quantitative estimate of drug-likeness (QED) is 0.231. The fourth-order valence-corrected chi connectivity index (χ4v) is 6.82. The van der Waals surface area contributed by atoms with E-state index >= 15 is 0 Å². The summed E-state index contributed by atoms with van der Waals surface area (Å²) in [4.78, 5) is 41.0. The number of benzene rings is 2. The highest BCUT2D eigenvalue weighted by atomic mass is 16.4. The van der Waals surface area contributed by atoms with E-state index in [2.05, 4.69) is 6.92 Å². The molecular formula is C32H34N2O8. The van der Waals surface area contributed by atoms with Crippen molar-refractivity contribution in [1.29, 1.82) is 0 Å². The van der Waals surface area contributed by atoms with Gasteiger partial charge in [0.1, 0.15) is 22.8 Å². The highest BCUT2D eigenvalue weighted by molar-refractivity contribution is 6.25. The molecule has 2 aromatic rings. The van der Waals surface area contributed by atoms with Crippen molar-refractivity contribution in [3.63, 3.8) is 0 Å². The number of nitrogens with two attached hydrogens (primary N) is 1. The van der Waals surface area contributed by atoms with Crippen LogP contribution in [0.3, 0.4) is 0 Å². The van der Waals surface area contributed by atoms with Crippen molar-refractivity contribution < 1.29 is 39.9 Å². The van der Waals surface area contributed by atoms with E-state index in [1.165, 1.54) is 24.6 Å². The number of rotatable bonds is 5. The number of hydrogen-bond acceptors (Lipinski definition) is 9. The van der Waals surface area contributed by atoms with Gasteiger partial charge in [0.2, 0.25) is 5.78 Å². The molecular weight excluding hydrogens is 540 g/mol. The second-order valence-corrected chi connectivity index (χ2v) is 11.4. The molecule has 6 atom stereocenters. The molecule has 0 aromatic heterocycles. The van der Waals surface area contributed by atoms with E-state index in [9.17, 15) is 39.9 Å². The van der Waals surface area contributed by atoms with Gasteiger partial charge in [-0.05, 0) is 43.1 Å². The van der Waals surface area contributed by atoms with Crippen molar-refractivity contribution in [2.45, 2.75) is 43.9 Å². The lowest BCUT2D eigenvalue weighted by Gasteiger charge is -2.53. The molecule has 42 heavy (non-hydrogen) atoms. The van der Waals surface area contributed by atoms with E-state index in [1.54, 1.807) is 31.2 Å². The van der Waals surface area contributed by atoms with Crippen LogP contribution in [-0.4, -0.2) is 79.7 Å². The minimum atomic E-state index is -2.94. The Morgan fingerprint density at radius 1 is 1.05 bits per heavy atom. The number of likely N-dealkylation sites (N-methyl/N-ethyl adjacent to an activating group) is 1. The molecule has 0 radical (unpaired) electrons. The number of primary amides is 1. The van der Waals surface area contributed by atoms with Gasteiger partial charge >= 0.3 is 0 Å². The summed E-state index contributed by atoms with van der Waals surface area (Å²) in [6.45, 7) is 3.75. The Kier molecular flexibility index (Phi) is 7.13. The SMILES string of the molecule is CCc1ccc(/C=C/c2ccc3c(c2O)C(=O)C2=C(O)C4(O)C(=O)C(C(N)=O)=C(O)C(N(C)C)C4C(O)C2C3C)cc1. The predicted molar refractivity (Wildman–Crippen MR) is 155 cm³/mol. The van der Waals surface area contributed by atoms with E-state index < -0.39 is 75.6 Å². The predicted octanol–water partition coefficient (Wildman–Crippen LogP) is 2.39. The third-order valence-electron chi connectivity index (χ3n) is 9.01. The first-order valence-electron chi connectivity index (χ1n) is 13.7. The molecule has 7 N–H and O–H groups in total. The molecule has 0 saturated heterocycles. The Morgan fingerprint density at radius 3 is 2.26 bits per heavy atom. The molecule has 0 saturated carbocycles. The van der Waals surface area contributed by atoms with Crippen molar-refractivity contribution in [2.24, 2.45) is 17.6 Å². The third kappa shape index (κ3) is 4.01. The summed E-state index contributed by atoms with van der Waals surface area (Å²) in [5, 5.41) is 57.1.